The zero-order valence-electron chi connectivity index (χ0n) is 19.3. The number of ether oxygens (including phenoxy) is 1. The van der Waals surface area contributed by atoms with Crippen LogP contribution in [0.2, 0.25) is 0 Å². The lowest BCUT2D eigenvalue weighted by atomic mass is 9.87. The van der Waals surface area contributed by atoms with Gasteiger partial charge in [0.25, 0.3) is 0 Å². The number of hydrogen-bond acceptors (Lipinski definition) is 6. The first kappa shape index (κ1) is 24.9. The molecule has 1 saturated carbocycles. The Labute approximate surface area is 201 Å². The molecule has 2 aromatic rings. The first-order valence-corrected chi connectivity index (χ1v) is 11.3. The number of carbonyl (C=O) groups is 1. The average Bonchev–Trinajstić information content (AvgIpc) is 3.61. The second-order valence-corrected chi connectivity index (χ2v) is 8.96. The standard InChI is InChI=1S/C24H33N5O3.ClH/c1-29(2)24(31)27-13-18-17(16-5-4-10-26-12-16)11-19(28-23(18)25)22-20(30)6-3-7-21(22)32-14-15-8-9-15;/h3,6-7,11,15-16,26,30H,4-5,8-10,12-14H2,1-2H3,(H2,25,28)(H,27,31);1H. The largest absolute Gasteiger partial charge is 0.507 e. The number of nitrogens with two attached hydrogens (primary N) is 1. The summed E-state index contributed by atoms with van der Waals surface area (Å²) in [6.45, 7) is 2.77. The number of pyridine rings is 1. The number of nitrogens with zero attached hydrogens (tertiary/aromatic N) is 2. The highest BCUT2D eigenvalue weighted by molar-refractivity contribution is 5.85. The van der Waals surface area contributed by atoms with Crippen LogP contribution in [0.3, 0.4) is 0 Å². The Bertz CT molecular complexity index is 975. The minimum absolute atomic E-state index is 0. The van der Waals surface area contributed by atoms with Crippen LogP contribution in [-0.2, 0) is 6.54 Å². The lowest BCUT2D eigenvalue weighted by Gasteiger charge is -2.27. The zero-order chi connectivity index (χ0) is 22.7. The van der Waals surface area contributed by atoms with Crippen LogP contribution in [0.5, 0.6) is 11.5 Å². The number of anilines is 1. The number of phenolic OH excluding ortho intramolecular Hbond substituents is 1. The van der Waals surface area contributed by atoms with Gasteiger partial charge in [0.15, 0.2) is 0 Å². The summed E-state index contributed by atoms with van der Waals surface area (Å²) in [7, 11) is 3.40. The molecule has 1 saturated heterocycles. The van der Waals surface area contributed by atoms with Crippen LogP contribution in [0.25, 0.3) is 11.3 Å². The van der Waals surface area contributed by atoms with Crippen molar-refractivity contribution >= 4 is 24.3 Å². The number of carbonyl (C=O) groups excluding carboxylic acids is 1. The van der Waals surface area contributed by atoms with Gasteiger partial charge in [-0.25, -0.2) is 9.78 Å². The number of halogens is 1. The smallest absolute Gasteiger partial charge is 0.317 e. The highest BCUT2D eigenvalue weighted by Crippen LogP contribution is 2.41. The Morgan fingerprint density at radius 3 is 2.79 bits per heavy atom. The van der Waals surface area contributed by atoms with Crippen molar-refractivity contribution in [1.82, 2.24) is 20.5 Å². The quantitative estimate of drug-likeness (QED) is 0.487. The van der Waals surface area contributed by atoms with Crippen LogP contribution in [0.4, 0.5) is 10.6 Å². The van der Waals surface area contributed by atoms with Crippen LogP contribution >= 0.6 is 12.4 Å². The van der Waals surface area contributed by atoms with Gasteiger partial charge in [0.2, 0.25) is 0 Å². The number of piperidine rings is 1. The van der Waals surface area contributed by atoms with Crippen molar-refractivity contribution in [3.05, 3.63) is 35.4 Å². The summed E-state index contributed by atoms with van der Waals surface area (Å²) in [4.78, 5) is 18.2. The van der Waals surface area contributed by atoms with Crippen LogP contribution < -0.4 is 21.1 Å². The number of nitrogen functional groups attached to an aromatic ring is 1. The van der Waals surface area contributed by atoms with E-state index in [4.69, 9.17) is 10.5 Å². The number of nitrogens with one attached hydrogen (secondary N) is 2. The summed E-state index contributed by atoms with van der Waals surface area (Å²) in [5.41, 5.74) is 9.48. The highest BCUT2D eigenvalue weighted by atomic mass is 35.5. The fourth-order valence-electron chi connectivity index (χ4n) is 4.13. The maximum atomic E-state index is 12.1. The maximum absolute atomic E-state index is 12.1. The number of aromatic nitrogens is 1. The molecular formula is C24H34ClN5O3. The van der Waals surface area contributed by atoms with E-state index in [1.807, 2.05) is 12.1 Å². The fourth-order valence-corrected chi connectivity index (χ4v) is 4.13. The summed E-state index contributed by atoms with van der Waals surface area (Å²) in [6, 6.07) is 7.11. The van der Waals surface area contributed by atoms with E-state index in [9.17, 15) is 9.90 Å². The summed E-state index contributed by atoms with van der Waals surface area (Å²) >= 11 is 0. The van der Waals surface area contributed by atoms with Crippen molar-refractivity contribution < 1.29 is 14.6 Å². The zero-order valence-corrected chi connectivity index (χ0v) is 20.1. The molecule has 8 nitrogen and oxygen atoms in total. The third kappa shape index (κ3) is 6.00. The third-order valence-corrected chi connectivity index (χ3v) is 6.18. The van der Waals surface area contributed by atoms with E-state index in [1.54, 1.807) is 26.2 Å². The van der Waals surface area contributed by atoms with Gasteiger partial charge in [-0.1, -0.05) is 6.07 Å². The van der Waals surface area contributed by atoms with Crippen molar-refractivity contribution in [3.8, 4) is 22.8 Å². The second kappa shape index (κ2) is 10.9. The van der Waals surface area contributed by atoms with Gasteiger partial charge >= 0.3 is 6.03 Å². The molecule has 1 aromatic carbocycles. The molecule has 1 atom stereocenters. The van der Waals surface area contributed by atoms with Gasteiger partial charge in [-0.3, -0.25) is 0 Å². The first-order chi connectivity index (χ1) is 15.4. The van der Waals surface area contributed by atoms with Crippen molar-refractivity contribution in [1.29, 1.82) is 0 Å². The number of phenols is 1. The normalized spacial score (nSPS) is 17.7. The number of benzene rings is 1. The number of hydrogen-bond donors (Lipinski definition) is 4. The molecule has 5 N–H and O–H groups in total. The van der Waals surface area contributed by atoms with E-state index in [1.165, 1.54) is 17.7 Å². The van der Waals surface area contributed by atoms with Gasteiger partial charge in [-0.05, 0) is 67.8 Å². The molecule has 2 fully saturated rings. The van der Waals surface area contributed by atoms with E-state index >= 15 is 0 Å². The number of amides is 2. The Morgan fingerprint density at radius 1 is 1.33 bits per heavy atom. The van der Waals surface area contributed by atoms with E-state index in [2.05, 4.69) is 15.6 Å². The van der Waals surface area contributed by atoms with Crippen LogP contribution in [-0.4, -0.2) is 54.8 Å². The molecule has 4 rings (SSSR count). The molecular weight excluding hydrogens is 442 g/mol. The minimum atomic E-state index is -0.183. The highest BCUT2D eigenvalue weighted by Gasteiger charge is 2.26. The summed E-state index contributed by atoms with van der Waals surface area (Å²) in [6.07, 6.45) is 4.46. The predicted molar refractivity (Wildman–Crippen MR) is 132 cm³/mol. The van der Waals surface area contributed by atoms with Crippen molar-refractivity contribution in [3.63, 3.8) is 0 Å². The van der Waals surface area contributed by atoms with Gasteiger partial charge in [0.05, 0.1) is 17.9 Å². The SMILES string of the molecule is CN(C)C(=O)NCc1c(C2CCCNC2)cc(-c2c(O)cccc2OCC2CC2)nc1N.Cl. The molecule has 0 bridgehead atoms. The van der Waals surface area contributed by atoms with Crippen molar-refractivity contribution in [2.75, 3.05) is 39.5 Å². The molecule has 9 heteroatoms. The van der Waals surface area contributed by atoms with Crippen LogP contribution in [0.1, 0.15) is 42.7 Å². The Balaban J connectivity index is 0.00000306. The molecule has 180 valence electrons. The molecule has 0 spiro atoms. The Hall–Kier alpha value is -2.71. The number of rotatable bonds is 7. The minimum Gasteiger partial charge on any atom is -0.507 e. The van der Waals surface area contributed by atoms with Crippen LogP contribution in [0, 0.1) is 5.92 Å². The maximum Gasteiger partial charge on any atom is 0.317 e. The molecule has 1 aliphatic heterocycles. The fraction of sp³-hybridized carbons (Fsp3) is 0.500. The van der Waals surface area contributed by atoms with Gasteiger partial charge < -0.3 is 31.1 Å². The van der Waals surface area contributed by atoms with Gasteiger partial charge in [0, 0.05) is 32.7 Å². The van der Waals surface area contributed by atoms with Crippen molar-refractivity contribution in [2.45, 2.75) is 38.1 Å². The molecule has 0 radical (unpaired) electrons. The molecule has 2 aliphatic rings. The molecule has 2 heterocycles. The van der Waals surface area contributed by atoms with E-state index < -0.39 is 0 Å². The summed E-state index contributed by atoms with van der Waals surface area (Å²) < 4.78 is 6.04. The number of urea groups is 1. The summed E-state index contributed by atoms with van der Waals surface area (Å²) in [5, 5.41) is 17.1. The van der Waals surface area contributed by atoms with Gasteiger partial charge in [-0.2, -0.15) is 0 Å². The molecule has 1 aromatic heterocycles. The van der Waals surface area contributed by atoms with E-state index in [0.717, 1.165) is 37.1 Å². The second-order valence-electron chi connectivity index (χ2n) is 8.96. The van der Waals surface area contributed by atoms with E-state index in [0.29, 0.717) is 41.9 Å². The lowest BCUT2D eigenvalue weighted by Crippen LogP contribution is -2.35. The molecule has 1 aliphatic carbocycles. The first-order valence-electron chi connectivity index (χ1n) is 11.3. The monoisotopic (exact) mass is 475 g/mol. The Kier molecular flexibility index (Phi) is 8.26. The average molecular weight is 476 g/mol. The topological polar surface area (TPSA) is 113 Å². The van der Waals surface area contributed by atoms with Gasteiger partial charge in [-0.15, -0.1) is 12.4 Å². The van der Waals surface area contributed by atoms with Crippen LogP contribution in [0.15, 0.2) is 24.3 Å². The van der Waals surface area contributed by atoms with Crippen molar-refractivity contribution in [2.24, 2.45) is 5.92 Å². The van der Waals surface area contributed by atoms with E-state index in [-0.39, 0.29) is 30.1 Å². The predicted octanol–water partition coefficient (Wildman–Crippen LogP) is 3.49. The third-order valence-electron chi connectivity index (χ3n) is 6.18. The van der Waals surface area contributed by atoms with Gasteiger partial charge in [0.1, 0.15) is 17.3 Å². The molecule has 1 unspecified atom stereocenters. The molecule has 2 amide bonds. The molecule has 33 heavy (non-hydrogen) atoms. The number of aromatic hydroxyl groups is 1. The summed E-state index contributed by atoms with van der Waals surface area (Å²) in [5.74, 6) is 1.94. The Morgan fingerprint density at radius 2 is 2.12 bits per heavy atom. The lowest BCUT2D eigenvalue weighted by molar-refractivity contribution is 0.217.